The number of ether oxygens (including phenoxy) is 1. The van der Waals surface area contributed by atoms with Gasteiger partial charge in [-0.3, -0.25) is 4.90 Å². The summed E-state index contributed by atoms with van der Waals surface area (Å²) in [4.78, 5) is 8.51. The Morgan fingerprint density at radius 1 is 1.12 bits per heavy atom. The van der Waals surface area contributed by atoms with E-state index in [1.165, 1.54) is 5.56 Å². The Kier molecular flexibility index (Phi) is 9.91. The number of aliphatic imine (C=N–C) groups is 1. The minimum atomic E-state index is -1.20. The highest BCUT2D eigenvalue weighted by atomic mass is 16.5. The van der Waals surface area contributed by atoms with Crippen LogP contribution in [0, 0.1) is 0 Å². The van der Waals surface area contributed by atoms with Crippen molar-refractivity contribution in [1.29, 1.82) is 0 Å². The molecule has 2 aliphatic heterocycles. The summed E-state index contributed by atoms with van der Waals surface area (Å²) in [6, 6.07) is 5.87. The van der Waals surface area contributed by atoms with Gasteiger partial charge in [-0.2, -0.15) is 0 Å². The van der Waals surface area contributed by atoms with Gasteiger partial charge in [-0.15, -0.1) is 0 Å². The van der Waals surface area contributed by atoms with Crippen LogP contribution in [0.2, 0.25) is 0 Å². The van der Waals surface area contributed by atoms with Crippen molar-refractivity contribution in [2.45, 2.75) is 56.6 Å². The van der Waals surface area contributed by atoms with Gasteiger partial charge in [-0.1, -0.05) is 18.9 Å². The van der Waals surface area contributed by atoms with E-state index >= 15 is 0 Å². The first-order chi connectivity index (χ1) is 15.9. The molecular formula is C24H40N4O5. The highest BCUT2D eigenvalue weighted by molar-refractivity contribution is 6.00. The van der Waals surface area contributed by atoms with Crippen molar-refractivity contribution in [3.8, 4) is 0 Å². The van der Waals surface area contributed by atoms with Crippen molar-refractivity contribution in [1.82, 2.24) is 9.80 Å². The van der Waals surface area contributed by atoms with Gasteiger partial charge in [0.25, 0.3) is 0 Å². The maximum Gasteiger partial charge on any atom is 0.218 e. The average Bonchev–Trinajstić information content (AvgIpc) is 3.32. The Hall–Kier alpha value is -1.75. The van der Waals surface area contributed by atoms with Crippen molar-refractivity contribution < 1.29 is 25.2 Å². The van der Waals surface area contributed by atoms with Gasteiger partial charge in [-0.05, 0) is 51.2 Å². The lowest BCUT2D eigenvalue weighted by molar-refractivity contribution is -0.145. The van der Waals surface area contributed by atoms with Gasteiger partial charge < -0.3 is 35.4 Å². The molecule has 1 saturated heterocycles. The summed E-state index contributed by atoms with van der Waals surface area (Å²) in [6.07, 6.45) is 0.653. The maximum absolute atomic E-state index is 10.1. The van der Waals surface area contributed by atoms with Crippen LogP contribution >= 0.6 is 0 Å². The summed E-state index contributed by atoms with van der Waals surface area (Å²) in [6.45, 7) is 3.75. The third-order valence-electron chi connectivity index (χ3n) is 6.30. The lowest BCUT2D eigenvalue weighted by Gasteiger charge is -2.43. The third kappa shape index (κ3) is 7.11. The number of piperidine rings is 1. The van der Waals surface area contributed by atoms with Gasteiger partial charge in [0.1, 0.15) is 18.8 Å². The van der Waals surface area contributed by atoms with E-state index < -0.39 is 24.4 Å². The summed E-state index contributed by atoms with van der Waals surface area (Å²) in [7, 11) is 4.11. The molecule has 1 fully saturated rings. The SMILES string of the molecule is CN(C)Cc1ccc(NCCCCCCN2C[C@H](O)[C@@H](O)[C@H](O)[C@H]2CO)c(C2=NCCO2)c1. The molecule has 0 spiro atoms. The second-order valence-corrected chi connectivity index (χ2v) is 9.29. The lowest BCUT2D eigenvalue weighted by atomic mass is 9.94. The van der Waals surface area contributed by atoms with Gasteiger partial charge in [0, 0.05) is 25.3 Å². The first-order valence-corrected chi connectivity index (χ1v) is 12.0. The number of aliphatic hydroxyl groups is 4. The molecule has 186 valence electrons. The van der Waals surface area contributed by atoms with Crippen LogP contribution in [0.3, 0.4) is 0 Å². The highest BCUT2D eigenvalue weighted by Gasteiger charge is 2.40. The second kappa shape index (κ2) is 12.6. The number of benzene rings is 1. The fourth-order valence-electron chi connectivity index (χ4n) is 4.54. The zero-order valence-electron chi connectivity index (χ0n) is 19.9. The Labute approximate surface area is 196 Å². The Balaban J connectivity index is 1.42. The van der Waals surface area contributed by atoms with E-state index in [0.717, 1.165) is 50.0 Å². The molecule has 9 heteroatoms. The molecule has 2 aliphatic rings. The van der Waals surface area contributed by atoms with Crippen LogP contribution in [0.5, 0.6) is 0 Å². The molecule has 4 atom stereocenters. The number of nitrogens with one attached hydrogen (secondary N) is 1. The fraction of sp³-hybridized carbons (Fsp3) is 0.708. The van der Waals surface area contributed by atoms with Crippen LogP contribution < -0.4 is 5.32 Å². The van der Waals surface area contributed by atoms with Crippen LogP contribution in [0.4, 0.5) is 5.69 Å². The largest absolute Gasteiger partial charge is 0.475 e. The summed E-state index contributed by atoms with van der Waals surface area (Å²) >= 11 is 0. The molecule has 0 saturated carbocycles. The quantitative estimate of drug-likeness (QED) is 0.279. The van der Waals surface area contributed by atoms with E-state index in [2.05, 4.69) is 47.5 Å². The van der Waals surface area contributed by atoms with Gasteiger partial charge >= 0.3 is 0 Å². The zero-order chi connectivity index (χ0) is 23.8. The molecule has 0 aliphatic carbocycles. The van der Waals surface area contributed by atoms with E-state index in [4.69, 9.17) is 4.74 Å². The van der Waals surface area contributed by atoms with Crippen LogP contribution in [0.15, 0.2) is 23.2 Å². The third-order valence-corrected chi connectivity index (χ3v) is 6.30. The molecule has 33 heavy (non-hydrogen) atoms. The summed E-state index contributed by atoms with van der Waals surface area (Å²) in [5.41, 5.74) is 3.28. The number of rotatable bonds is 12. The number of hydrogen-bond acceptors (Lipinski definition) is 9. The smallest absolute Gasteiger partial charge is 0.218 e. The second-order valence-electron chi connectivity index (χ2n) is 9.29. The molecule has 0 unspecified atom stereocenters. The van der Waals surface area contributed by atoms with Gasteiger partial charge in [0.05, 0.1) is 30.9 Å². The fourth-order valence-corrected chi connectivity index (χ4v) is 4.54. The molecule has 0 aromatic heterocycles. The molecule has 5 N–H and O–H groups in total. The summed E-state index contributed by atoms with van der Waals surface area (Å²) in [5.74, 6) is 0.715. The van der Waals surface area contributed by atoms with Crippen LogP contribution in [0.1, 0.15) is 36.8 Å². The van der Waals surface area contributed by atoms with Gasteiger partial charge in [-0.25, -0.2) is 4.99 Å². The van der Waals surface area contributed by atoms with Gasteiger partial charge in [0.2, 0.25) is 5.90 Å². The molecule has 3 rings (SSSR count). The monoisotopic (exact) mass is 464 g/mol. The Bertz CT molecular complexity index is 775. The number of nitrogens with zero attached hydrogens (tertiary/aromatic N) is 3. The molecule has 0 bridgehead atoms. The number of unbranched alkanes of at least 4 members (excludes halogenated alkanes) is 3. The molecule has 9 nitrogen and oxygen atoms in total. The van der Waals surface area contributed by atoms with E-state index in [0.29, 0.717) is 25.6 Å². The first kappa shape index (κ1) is 25.9. The van der Waals surface area contributed by atoms with Crippen LogP contribution in [-0.4, -0.2) is 114 Å². The average molecular weight is 465 g/mol. The minimum absolute atomic E-state index is 0.237. The number of β-amino-alcohol motifs (C(OH)–C–C–N with tert-alkyl or cyclic N) is 1. The molecule has 0 amide bonds. The number of anilines is 1. The van der Waals surface area contributed by atoms with E-state index in [1.807, 2.05) is 4.90 Å². The Morgan fingerprint density at radius 2 is 1.91 bits per heavy atom. The van der Waals surface area contributed by atoms with Crippen molar-refractivity contribution in [3.05, 3.63) is 29.3 Å². The molecule has 1 aromatic carbocycles. The molecule has 1 aromatic rings. The maximum atomic E-state index is 10.1. The summed E-state index contributed by atoms with van der Waals surface area (Å²) in [5, 5.41) is 42.9. The normalized spacial score (nSPS) is 25.8. The number of aliphatic hydroxyl groups excluding tert-OH is 4. The van der Waals surface area contributed by atoms with E-state index in [-0.39, 0.29) is 13.2 Å². The van der Waals surface area contributed by atoms with Crippen molar-refractivity contribution >= 4 is 11.6 Å². The van der Waals surface area contributed by atoms with Crippen LogP contribution in [0.25, 0.3) is 0 Å². The highest BCUT2D eigenvalue weighted by Crippen LogP contribution is 2.22. The zero-order valence-corrected chi connectivity index (χ0v) is 19.9. The lowest BCUT2D eigenvalue weighted by Crippen LogP contribution is -2.62. The predicted molar refractivity (Wildman–Crippen MR) is 129 cm³/mol. The molecule has 0 radical (unpaired) electrons. The van der Waals surface area contributed by atoms with Crippen LogP contribution in [-0.2, 0) is 11.3 Å². The molecular weight excluding hydrogens is 424 g/mol. The number of likely N-dealkylation sites (tertiary alicyclic amines) is 1. The van der Waals surface area contributed by atoms with E-state index in [1.54, 1.807) is 0 Å². The first-order valence-electron chi connectivity index (χ1n) is 12.0. The Morgan fingerprint density at radius 3 is 2.61 bits per heavy atom. The van der Waals surface area contributed by atoms with Crippen molar-refractivity contribution in [2.75, 3.05) is 58.8 Å². The standard InChI is InChI=1S/C24H40N4O5/c1-27(2)14-17-7-8-19(18(13-17)24-26-10-12-33-24)25-9-5-3-4-6-11-28-15-21(30)23(32)22(31)20(28)16-29/h7-8,13,20-23,25,29-32H,3-6,9-12,14-16H2,1-2H3/t20-,21+,22-,23-/m1/s1. The predicted octanol–water partition coefficient (Wildman–Crippen LogP) is 0.257. The van der Waals surface area contributed by atoms with E-state index in [9.17, 15) is 20.4 Å². The molecule has 2 heterocycles. The van der Waals surface area contributed by atoms with Crippen molar-refractivity contribution in [3.63, 3.8) is 0 Å². The number of hydrogen-bond donors (Lipinski definition) is 5. The van der Waals surface area contributed by atoms with Gasteiger partial charge in [0.15, 0.2) is 0 Å². The topological polar surface area (TPSA) is 121 Å². The minimum Gasteiger partial charge on any atom is -0.475 e. The summed E-state index contributed by atoms with van der Waals surface area (Å²) < 4.78 is 5.72. The van der Waals surface area contributed by atoms with Crippen molar-refractivity contribution in [2.24, 2.45) is 4.99 Å².